The Labute approximate surface area is 84.9 Å². The Bertz CT molecular complexity index is 333. The van der Waals surface area contributed by atoms with Crippen LogP contribution in [0, 0.1) is 0 Å². The minimum absolute atomic E-state index is 0.00160. The summed E-state index contributed by atoms with van der Waals surface area (Å²) in [5.74, 6) is -0.274. The van der Waals surface area contributed by atoms with Crippen molar-refractivity contribution in [1.82, 2.24) is 4.98 Å². The third-order valence-electron chi connectivity index (χ3n) is 1.74. The third kappa shape index (κ3) is 2.38. The molecular formula is C9H9ClF3N. The van der Waals surface area contributed by atoms with Crippen molar-refractivity contribution >= 4 is 11.6 Å². The first-order chi connectivity index (χ1) is 6.32. The SMILES string of the molecule is CC(C)c1ncc(Cl)cc1C(F)(F)F. The molecule has 0 aliphatic carbocycles. The van der Waals surface area contributed by atoms with Crippen LogP contribution < -0.4 is 0 Å². The van der Waals surface area contributed by atoms with Crippen molar-refractivity contribution < 1.29 is 13.2 Å². The lowest BCUT2D eigenvalue weighted by Gasteiger charge is -2.14. The number of alkyl halides is 3. The number of halogens is 4. The lowest BCUT2D eigenvalue weighted by atomic mass is 10.0. The van der Waals surface area contributed by atoms with E-state index in [2.05, 4.69) is 4.98 Å². The molecule has 78 valence electrons. The van der Waals surface area contributed by atoms with Gasteiger partial charge in [-0.25, -0.2) is 0 Å². The van der Waals surface area contributed by atoms with Gasteiger partial charge in [-0.15, -0.1) is 0 Å². The Kier molecular flexibility index (Phi) is 3.04. The van der Waals surface area contributed by atoms with Gasteiger partial charge in [0.1, 0.15) is 0 Å². The second kappa shape index (κ2) is 3.77. The van der Waals surface area contributed by atoms with Crippen LogP contribution in [0.15, 0.2) is 12.3 Å². The monoisotopic (exact) mass is 223 g/mol. The van der Waals surface area contributed by atoms with Crippen LogP contribution in [-0.2, 0) is 6.18 Å². The second-order valence-electron chi connectivity index (χ2n) is 3.24. The number of aromatic nitrogens is 1. The highest BCUT2D eigenvalue weighted by Gasteiger charge is 2.34. The first-order valence-corrected chi connectivity index (χ1v) is 4.43. The molecule has 1 aromatic heterocycles. The van der Waals surface area contributed by atoms with Gasteiger partial charge >= 0.3 is 6.18 Å². The average molecular weight is 224 g/mol. The van der Waals surface area contributed by atoms with Crippen LogP contribution in [0.3, 0.4) is 0 Å². The number of hydrogen-bond donors (Lipinski definition) is 0. The quantitative estimate of drug-likeness (QED) is 0.704. The molecule has 0 unspecified atom stereocenters. The number of rotatable bonds is 1. The van der Waals surface area contributed by atoms with Gasteiger partial charge in [-0.1, -0.05) is 25.4 Å². The predicted molar refractivity (Wildman–Crippen MR) is 48.3 cm³/mol. The summed E-state index contributed by atoms with van der Waals surface area (Å²) in [6, 6.07) is 0.907. The molecule has 0 atom stereocenters. The van der Waals surface area contributed by atoms with Gasteiger partial charge in [-0.3, -0.25) is 4.98 Å². The summed E-state index contributed by atoms with van der Waals surface area (Å²) in [6.07, 6.45) is -3.16. The van der Waals surface area contributed by atoms with Crippen LogP contribution in [0.25, 0.3) is 0 Å². The molecule has 1 heterocycles. The van der Waals surface area contributed by atoms with Gasteiger partial charge in [0.15, 0.2) is 0 Å². The van der Waals surface area contributed by atoms with Gasteiger partial charge < -0.3 is 0 Å². The van der Waals surface area contributed by atoms with Crippen molar-refractivity contribution in [2.45, 2.75) is 25.9 Å². The molecule has 1 aromatic rings. The molecular weight excluding hydrogens is 215 g/mol. The molecule has 0 spiro atoms. The fourth-order valence-corrected chi connectivity index (χ4v) is 1.29. The van der Waals surface area contributed by atoms with Gasteiger partial charge in [0.2, 0.25) is 0 Å². The lowest BCUT2D eigenvalue weighted by Crippen LogP contribution is -2.11. The summed E-state index contributed by atoms with van der Waals surface area (Å²) in [7, 11) is 0. The van der Waals surface area contributed by atoms with Crippen LogP contribution in [0.1, 0.15) is 31.0 Å². The molecule has 1 rings (SSSR count). The molecule has 0 amide bonds. The van der Waals surface area contributed by atoms with Crippen LogP contribution in [0.4, 0.5) is 13.2 Å². The molecule has 0 fully saturated rings. The summed E-state index contributed by atoms with van der Waals surface area (Å²) >= 11 is 5.47. The maximum absolute atomic E-state index is 12.5. The van der Waals surface area contributed by atoms with Crippen molar-refractivity contribution in [2.75, 3.05) is 0 Å². The van der Waals surface area contributed by atoms with E-state index in [4.69, 9.17) is 11.6 Å². The highest BCUT2D eigenvalue weighted by Crippen LogP contribution is 2.35. The van der Waals surface area contributed by atoms with E-state index in [-0.39, 0.29) is 16.6 Å². The zero-order valence-corrected chi connectivity index (χ0v) is 8.45. The first kappa shape index (κ1) is 11.3. The van der Waals surface area contributed by atoms with Gasteiger partial charge in [-0.05, 0) is 12.0 Å². The molecule has 0 aliphatic heterocycles. The maximum atomic E-state index is 12.5. The van der Waals surface area contributed by atoms with Crippen molar-refractivity contribution in [3.8, 4) is 0 Å². The molecule has 5 heteroatoms. The Morgan fingerprint density at radius 2 is 1.93 bits per heavy atom. The Morgan fingerprint density at radius 1 is 1.36 bits per heavy atom. The Morgan fingerprint density at radius 3 is 2.36 bits per heavy atom. The first-order valence-electron chi connectivity index (χ1n) is 4.05. The van der Waals surface area contributed by atoms with Crippen molar-refractivity contribution in [3.05, 3.63) is 28.5 Å². The second-order valence-corrected chi connectivity index (χ2v) is 3.68. The minimum Gasteiger partial charge on any atom is -0.259 e. The highest BCUT2D eigenvalue weighted by atomic mass is 35.5. The summed E-state index contributed by atoms with van der Waals surface area (Å²) in [5.41, 5.74) is -0.720. The van der Waals surface area contributed by atoms with Crippen LogP contribution >= 0.6 is 11.6 Å². The number of hydrogen-bond acceptors (Lipinski definition) is 1. The Hall–Kier alpha value is -0.770. The topological polar surface area (TPSA) is 12.9 Å². The Balaban J connectivity index is 3.30. The van der Waals surface area contributed by atoms with E-state index in [1.165, 1.54) is 6.20 Å². The molecule has 0 saturated carbocycles. The van der Waals surface area contributed by atoms with Crippen LogP contribution in [0.2, 0.25) is 5.02 Å². The van der Waals surface area contributed by atoms with Crippen LogP contribution in [0.5, 0.6) is 0 Å². The van der Waals surface area contributed by atoms with E-state index < -0.39 is 11.7 Å². The summed E-state index contributed by atoms with van der Waals surface area (Å²) in [5, 5.41) is 0.00160. The zero-order chi connectivity index (χ0) is 10.9. The number of nitrogens with zero attached hydrogens (tertiary/aromatic N) is 1. The predicted octanol–water partition coefficient (Wildman–Crippen LogP) is 3.88. The molecule has 1 nitrogen and oxygen atoms in total. The molecule has 0 bridgehead atoms. The van der Waals surface area contributed by atoms with Gasteiger partial charge in [0.25, 0.3) is 0 Å². The molecule has 0 radical (unpaired) electrons. The molecule has 0 N–H and O–H groups in total. The van der Waals surface area contributed by atoms with Crippen molar-refractivity contribution in [3.63, 3.8) is 0 Å². The van der Waals surface area contributed by atoms with E-state index in [1.807, 2.05) is 0 Å². The summed E-state index contributed by atoms with van der Waals surface area (Å²) in [6.45, 7) is 3.32. The number of pyridine rings is 1. The summed E-state index contributed by atoms with van der Waals surface area (Å²) < 4.78 is 37.5. The average Bonchev–Trinajstić information content (AvgIpc) is 2.01. The largest absolute Gasteiger partial charge is 0.418 e. The maximum Gasteiger partial charge on any atom is 0.418 e. The molecule has 0 saturated heterocycles. The van der Waals surface area contributed by atoms with Crippen molar-refractivity contribution in [2.24, 2.45) is 0 Å². The molecule has 0 aliphatic rings. The van der Waals surface area contributed by atoms with Crippen LogP contribution in [-0.4, -0.2) is 4.98 Å². The summed E-state index contributed by atoms with van der Waals surface area (Å²) in [4.78, 5) is 3.69. The van der Waals surface area contributed by atoms with E-state index in [9.17, 15) is 13.2 Å². The van der Waals surface area contributed by atoms with Gasteiger partial charge in [-0.2, -0.15) is 13.2 Å². The van der Waals surface area contributed by atoms with E-state index >= 15 is 0 Å². The fourth-order valence-electron chi connectivity index (χ4n) is 1.14. The van der Waals surface area contributed by atoms with E-state index in [0.717, 1.165) is 6.07 Å². The molecule has 0 aromatic carbocycles. The van der Waals surface area contributed by atoms with Gasteiger partial charge in [0, 0.05) is 6.20 Å². The zero-order valence-electron chi connectivity index (χ0n) is 7.69. The van der Waals surface area contributed by atoms with Gasteiger partial charge in [0.05, 0.1) is 16.3 Å². The van der Waals surface area contributed by atoms with E-state index in [1.54, 1.807) is 13.8 Å². The fraction of sp³-hybridized carbons (Fsp3) is 0.444. The lowest BCUT2D eigenvalue weighted by molar-refractivity contribution is -0.138. The van der Waals surface area contributed by atoms with E-state index in [0.29, 0.717) is 0 Å². The minimum atomic E-state index is -4.39. The normalized spacial score (nSPS) is 12.2. The highest BCUT2D eigenvalue weighted by molar-refractivity contribution is 6.30. The van der Waals surface area contributed by atoms with Crippen molar-refractivity contribution in [1.29, 1.82) is 0 Å². The standard InChI is InChI=1S/C9H9ClF3N/c1-5(2)8-7(9(11,12)13)3-6(10)4-14-8/h3-5H,1-2H3. The third-order valence-corrected chi connectivity index (χ3v) is 1.94. The smallest absolute Gasteiger partial charge is 0.259 e. The molecule has 14 heavy (non-hydrogen) atoms.